The van der Waals surface area contributed by atoms with Gasteiger partial charge in [-0.1, -0.05) is 17.7 Å². The van der Waals surface area contributed by atoms with E-state index < -0.39 is 5.97 Å². The highest BCUT2D eigenvalue weighted by Crippen LogP contribution is 2.27. The number of aryl methyl sites for hydroxylation is 1. The van der Waals surface area contributed by atoms with Gasteiger partial charge in [0.1, 0.15) is 0 Å². The molecule has 1 amide bonds. The third-order valence-corrected chi connectivity index (χ3v) is 3.08. The highest BCUT2D eigenvalue weighted by molar-refractivity contribution is 5.98. The van der Waals surface area contributed by atoms with E-state index in [1.54, 1.807) is 4.90 Å². The van der Waals surface area contributed by atoms with Crippen molar-refractivity contribution in [3.8, 4) is 0 Å². The third-order valence-electron chi connectivity index (χ3n) is 3.08. The van der Waals surface area contributed by atoms with Crippen LogP contribution in [0.4, 0.5) is 5.69 Å². The zero-order chi connectivity index (χ0) is 12.4. The van der Waals surface area contributed by atoms with Crippen LogP contribution in [-0.4, -0.2) is 23.5 Å². The molecule has 4 heteroatoms. The van der Waals surface area contributed by atoms with Crippen molar-refractivity contribution in [2.75, 3.05) is 11.4 Å². The van der Waals surface area contributed by atoms with Crippen LogP contribution in [0.3, 0.4) is 0 Å². The molecule has 0 radical (unpaired) electrons. The smallest absolute Gasteiger partial charge is 0.304 e. The minimum Gasteiger partial charge on any atom is -0.481 e. The van der Waals surface area contributed by atoms with Crippen molar-refractivity contribution < 1.29 is 14.7 Å². The van der Waals surface area contributed by atoms with Crippen LogP contribution in [-0.2, 0) is 9.59 Å². The number of hydrogen-bond acceptors (Lipinski definition) is 2. The summed E-state index contributed by atoms with van der Waals surface area (Å²) >= 11 is 0. The molecule has 0 spiro atoms. The zero-order valence-corrected chi connectivity index (χ0v) is 9.72. The number of anilines is 1. The number of aliphatic carboxylic acids is 1. The third kappa shape index (κ3) is 2.46. The molecule has 1 fully saturated rings. The number of carboxylic acid groups (broad SMARTS) is 1. The van der Waals surface area contributed by atoms with Gasteiger partial charge in [0.15, 0.2) is 0 Å². The fourth-order valence-electron chi connectivity index (χ4n) is 2.12. The van der Waals surface area contributed by atoms with Crippen LogP contribution >= 0.6 is 0 Å². The number of carbonyl (C=O) groups excluding carboxylic acids is 1. The lowest BCUT2D eigenvalue weighted by atomic mass is 10.0. The minimum atomic E-state index is -0.908. The molecule has 17 heavy (non-hydrogen) atoms. The Kier molecular flexibility index (Phi) is 3.13. The summed E-state index contributed by atoms with van der Waals surface area (Å²) in [6, 6.07) is 7.70. The van der Waals surface area contributed by atoms with Gasteiger partial charge in [0.05, 0.1) is 12.3 Å². The van der Waals surface area contributed by atoms with E-state index in [-0.39, 0.29) is 18.2 Å². The molecule has 1 saturated heterocycles. The van der Waals surface area contributed by atoms with E-state index in [1.807, 2.05) is 31.2 Å². The van der Waals surface area contributed by atoms with Crippen LogP contribution < -0.4 is 4.90 Å². The second-order valence-electron chi connectivity index (χ2n) is 4.41. The van der Waals surface area contributed by atoms with Crippen molar-refractivity contribution in [2.24, 2.45) is 5.92 Å². The van der Waals surface area contributed by atoms with Crippen LogP contribution in [0.2, 0.25) is 0 Å². The number of benzene rings is 1. The molecule has 2 rings (SSSR count). The summed E-state index contributed by atoms with van der Waals surface area (Å²) in [5.74, 6) is -1.35. The molecular weight excluding hydrogens is 218 g/mol. The average molecular weight is 233 g/mol. The van der Waals surface area contributed by atoms with E-state index in [4.69, 9.17) is 5.11 Å². The number of rotatable bonds is 3. The molecule has 0 aliphatic carbocycles. The molecule has 90 valence electrons. The summed E-state index contributed by atoms with van der Waals surface area (Å²) in [6.07, 6.45) is 0.556. The maximum absolute atomic E-state index is 12.0. The topological polar surface area (TPSA) is 57.6 Å². The van der Waals surface area contributed by atoms with E-state index in [0.717, 1.165) is 11.3 Å². The van der Waals surface area contributed by atoms with Gasteiger partial charge in [-0.15, -0.1) is 0 Å². The molecule has 1 aliphatic heterocycles. The first-order valence-corrected chi connectivity index (χ1v) is 5.68. The largest absolute Gasteiger partial charge is 0.481 e. The van der Waals surface area contributed by atoms with Gasteiger partial charge in [0.25, 0.3) is 0 Å². The molecule has 1 N–H and O–H groups in total. The van der Waals surface area contributed by atoms with Gasteiger partial charge in [0.2, 0.25) is 5.91 Å². The summed E-state index contributed by atoms with van der Waals surface area (Å²) < 4.78 is 0. The van der Waals surface area contributed by atoms with E-state index in [2.05, 4.69) is 0 Å². The molecule has 0 bridgehead atoms. The van der Waals surface area contributed by atoms with Gasteiger partial charge < -0.3 is 10.0 Å². The first-order valence-electron chi connectivity index (χ1n) is 5.68. The monoisotopic (exact) mass is 233 g/mol. The SMILES string of the molecule is Cc1ccc(N2CCC(CC(=O)O)C2=O)cc1. The molecule has 0 aromatic heterocycles. The normalized spacial score (nSPS) is 19.7. The van der Waals surface area contributed by atoms with Gasteiger partial charge in [0, 0.05) is 12.2 Å². The molecule has 1 atom stereocenters. The highest BCUT2D eigenvalue weighted by atomic mass is 16.4. The maximum atomic E-state index is 12.0. The molecule has 0 saturated carbocycles. The summed E-state index contributed by atoms with van der Waals surface area (Å²) in [4.78, 5) is 24.3. The second kappa shape index (κ2) is 4.57. The molecule has 1 heterocycles. The zero-order valence-electron chi connectivity index (χ0n) is 9.72. The van der Waals surface area contributed by atoms with E-state index in [9.17, 15) is 9.59 Å². The van der Waals surface area contributed by atoms with Crippen molar-refractivity contribution in [2.45, 2.75) is 19.8 Å². The van der Waals surface area contributed by atoms with Gasteiger partial charge in [-0.2, -0.15) is 0 Å². The molecule has 1 aromatic rings. The van der Waals surface area contributed by atoms with Gasteiger partial charge >= 0.3 is 5.97 Å². The highest BCUT2D eigenvalue weighted by Gasteiger charge is 2.33. The molecule has 1 unspecified atom stereocenters. The summed E-state index contributed by atoms with van der Waals surface area (Å²) in [6.45, 7) is 2.60. The Morgan fingerprint density at radius 1 is 1.41 bits per heavy atom. The number of amides is 1. The van der Waals surface area contributed by atoms with Crippen LogP contribution in [0.15, 0.2) is 24.3 Å². The Labute approximate surface area is 99.9 Å². The molecule has 1 aliphatic rings. The number of nitrogens with zero attached hydrogens (tertiary/aromatic N) is 1. The van der Waals surface area contributed by atoms with Crippen LogP contribution in [0, 0.1) is 12.8 Å². The maximum Gasteiger partial charge on any atom is 0.304 e. The number of hydrogen-bond donors (Lipinski definition) is 1. The van der Waals surface area contributed by atoms with Crippen molar-refractivity contribution in [1.29, 1.82) is 0 Å². The lowest BCUT2D eigenvalue weighted by molar-refractivity contribution is -0.140. The first kappa shape index (κ1) is 11.6. The fraction of sp³-hybridized carbons (Fsp3) is 0.385. The van der Waals surface area contributed by atoms with Crippen molar-refractivity contribution in [3.63, 3.8) is 0 Å². The molecular formula is C13H15NO3. The van der Waals surface area contributed by atoms with E-state index in [1.165, 1.54) is 0 Å². The van der Waals surface area contributed by atoms with Gasteiger partial charge in [-0.05, 0) is 25.5 Å². The van der Waals surface area contributed by atoms with E-state index >= 15 is 0 Å². The summed E-state index contributed by atoms with van der Waals surface area (Å²) in [5.41, 5.74) is 2.00. The Hall–Kier alpha value is -1.84. The predicted molar refractivity (Wildman–Crippen MR) is 63.9 cm³/mol. The quantitative estimate of drug-likeness (QED) is 0.866. The minimum absolute atomic E-state index is 0.0683. The Morgan fingerprint density at radius 2 is 2.06 bits per heavy atom. The van der Waals surface area contributed by atoms with Crippen LogP contribution in [0.1, 0.15) is 18.4 Å². The number of carbonyl (C=O) groups is 2. The first-order chi connectivity index (χ1) is 8.08. The van der Waals surface area contributed by atoms with Crippen LogP contribution in [0.5, 0.6) is 0 Å². The summed E-state index contributed by atoms with van der Waals surface area (Å²) in [7, 11) is 0. The van der Waals surface area contributed by atoms with E-state index in [0.29, 0.717) is 13.0 Å². The molecule has 1 aromatic carbocycles. The van der Waals surface area contributed by atoms with Gasteiger partial charge in [-0.3, -0.25) is 9.59 Å². The van der Waals surface area contributed by atoms with Crippen molar-refractivity contribution >= 4 is 17.6 Å². The summed E-state index contributed by atoms with van der Waals surface area (Å²) in [5, 5.41) is 8.71. The van der Waals surface area contributed by atoms with Crippen LogP contribution in [0.25, 0.3) is 0 Å². The van der Waals surface area contributed by atoms with Crippen molar-refractivity contribution in [1.82, 2.24) is 0 Å². The Bertz CT molecular complexity index is 438. The lowest BCUT2D eigenvalue weighted by Crippen LogP contribution is -2.27. The second-order valence-corrected chi connectivity index (χ2v) is 4.41. The number of carboxylic acids is 1. The van der Waals surface area contributed by atoms with Gasteiger partial charge in [-0.25, -0.2) is 0 Å². The Balaban J connectivity index is 2.12. The Morgan fingerprint density at radius 3 is 2.65 bits per heavy atom. The standard InChI is InChI=1S/C13H15NO3/c1-9-2-4-11(5-3-9)14-7-6-10(13(14)17)8-12(15)16/h2-5,10H,6-8H2,1H3,(H,15,16). The van der Waals surface area contributed by atoms with Crippen molar-refractivity contribution in [3.05, 3.63) is 29.8 Å². The average Bonchev–Trinajstić information content (AvgIpc) is 2.61. The fourth-order valence-corrected chi connectivity index (χ4v) is 2.12. The predicted octanol–water partition coefficient (Wildman–Crippen LogP) is 1.82. The lowest BCUT2D eigenvalue weighted by Gasteiger charge is -2.16. The molecule has 4 nitrogen and oxygen atoms in total.